The van der Waals surface area contributed by atoms with Crippen molar-refractivity contribution in [2.24, 2.45) is 5.92 Å². The van der Waals surface area contributed by atoms with Crippen LogP contribution < -0.4 is 4.74 Å². The molecule has 0 saturated carbocycles. The molecule has 1 aromatic rings. The number of methoxy groups -OCH3 is 1. The summed E-state index contributed by atoms with van der Waals surface area (Å²) in [6.45, 7) is 7.86. The third kappa shape index (κ3) is 4.76. The molecule has 4 heteroatoms. The lowest BCUT2D eigenvalue weighted by molar-refractivity contribution is 0.0956. The van der Waals surface area contributed by atoms with Gasteiger partial charge in [0, 0.05) is 5.56 Å². The first kappa shape index (κ1) is 16.9. The van der Waals surface area contributed by atoms with Crippen LogP contribution in [-0.2, 0) is 0 Å². The number of hydrogen-bond acceptors (Lipinski definition) is 4. The Kier molecular flexibility index (Phi) is 6.96. The van der Waals surface area contributed by atoms with Gasteiger partial charge in [0.25, 0.3) is 0 Å². The Morgan fingerprint density at radius 1 is 1.40 bits per heavy atom. The summed E-state index contributed by atoms with van der Waals surface area (Å²) in [5.41, 5.74) is 1.63. The summed E-state index contributed by atoms with van der Waals surface area (Å²) in [5.74, 6) is 1.40. The summed E-state index contributed by atoms with van der Waals surface area (Å²) in [5, 5.41) is 0. The number of thiocarbonyl (C=S) groups is 1. The highest BCUT2D eigenvalue weighted by atomic mass is 32.2. The molecule has 0 amide bonds. The van der Waals surface area contributed by atoms with E-state index in [2.05, 4.69) is 6.58 Å². The monoisotopic (exact) mass is 308 g/mol. The van der Waals surface area contributed by atoms with Crippen molar-refractivity contribution in [1.82, 2.24) is 0 Å². The van der Waals surface area contributed by atoms with Crippen LogP contribution >= 0.6 is 24.0 Å². The Bertz CT molecular complexity index is 492. The molecule has 0 aliphatic rings. The first-order valence-electron chi connectivity index (χ1n) is 6.48. The highest BCUT2D eigenvalue weighted by molar-refractivity contribution is 8.23. The summed E-state index contributed by atoms with van der Waals surface area (Å²) < 4.78 is 5.85. The number of Topliss-reactive ketones (excluding diaryl/α,β-unsaturated/α-hetero) is 1. The molecule has 0 saturated heterocycles. The minimum Gasteiger partial charge on any atom is -0.497 e. The number of carbonyl (C=O) groups is 1. The molecular formula is C16H20O2S2. The zero-order valence-corrected chi connectivity index (χ0v) is 13.8. The second-order valence-electron chi connectivity index (χ2n) is 4.56. The molecule has 0 N–H and O–H groups in total. The van der Waals surface area contributed by atoms with E-state index in [-0.39, 0.29) is 11.7 Å². The van der Waals surface area contributed by atoms with Gasteiger partial charge in [0.1, 0.15) is 5.75 Å². The zero-order chi connectivity index (χ0) is 15.1. The van der Waals surface area contributed by atoms with Gasteiger partial charge in [-0.05, 0) is 43.4 Å². The van der Waals surface area contributed by atoms with Crippen LogP contribution in [0.2, 0.25) is 0 Å². The number of carbonyl (C=O) groups excluding carboxylic acids is 1. The number of rotatable bonds is 7. The highest BCUT2D eigenvalue weighted by Crippen LogP contribution is 2.25. The van der Waals surface area contributed by atoms with Gasteiger partial charge in [0.2, 0.25) is 0 Å². The molecule has 2 nitrogen and oxygen atoms in total. The third-order valence-electron chi connectivity index (χ3n) is 2.81. The Balaban J connectivity index is 2.96. The molecule has 0 radical (unpaired) electrons. The van der Waals surface area contributed by atoms with Crippen LogP contribution in [0.4, 0.5) is 0 Å². The molecule has 0 spiro atoms. The lowest BCUT2D eigenvalue weighted by atomic mass is 9.93. The van der Waals surface area contributed by atoms with Gasteiger partial charge in [-0.1, -0.05) is 24.7 Å². The maximum Gasteiger partial charge on any atom is 0.172 e. The molecule has 0 bridgehead atoms. The van der Waals surface area contributed by atoms with Crippen LogP contribution in [0.15, 0.2) is 36.4 Å². The van der Waals surface area contributed by atoms with Crippen LogP contribution in [0, 0.1) is 5.92 Å². The topological polar surface area (TPSA) is 26.3 Å². The van der Waals surface area contributed by atoms with Gasteiger partial charge >= 0.3 is 0 Å². The van der Waals surface area contributed by atoms with Crippen LogP contribution in [0.3, 0.4) is 0 Å². The summed E-state index contributed by atoms with van der Waals surface area (Å²) >= 11 is 6.95. The average molecular weight is 308 g/mol. The van der Waals surface area contributed by atoms with Crippen LogP contribution in [0.1, 0.15) is 30.6 Å². The number of ketones is 1. The standard InChI is InChI=1S/C16H20O2S2/c1-5-20-16(19)14(10-11(2)3)15(17)12-6-8-13(18-4)9-7-12/h6-9,14H,2,5,10H2,1,3-4H3. The molecule has 0 aliphatic carbocycles. The molecule has 1 atom stereocenters. The third-order valence-corrected chi connectivity index (χ3v) is 4.31. The van der Waals surface area contributed by atoms with Crippen molar-refractivity contribution in [3.8, 4) is 5.75 Å². The maximum absolute atomic E-state index is 12.6. The number of allylic oxidation sites excluding steroid dienone is 1. The van der Waals surface area contributed by atoms with E-state index >= 15 is 0 Å². The predicted octanol–water partition coefficient (Wildman–Crippen LogP) is 4.54. The van der Waals surface area contributed by atoms with E-state index in [0.29, 0.717) is 12.0 Å². The van der Waals surface area contributed by atoms with Gasteiger partial charge in [-0.3, -0.25) is 4.79 Å². The fourth-order valence-corrected chi connectivity index (χ4v) is 3.05. The summed E-state index contributed by atoms with van der Waals surface area (Å²) in [7, 11) is 1.60. The number of hydrogen-bond donors (Lipinski definition) is 0. The Morgan fingerprint density at radius 3 is 2.45 bits per heavy atom. The fourth-order valence-electron chi connectivity index (χ4n) is 1.83. The Hall–Kier alpha value is -1.13. The Morgan fingerprint density at radius 2 is 2.00 bits per heavy atom. The Labute approximate surface area is 130 Å². The highest BCUT2D eigenvalue weighted by Gasteiger charge is 2.24. The second kappa shape index (κ2) is 8.22. The lowest BCUT2D eigenvalue weighted by Gasteiger charge is -2.16. The van der Waals surface area contributed by atoms with Crippen molar-refractivity contribution in [1.29, 1.82) is 0 Å². The zero-order valence-electron chi connectivity index (χ0n) is 12.1. The van der Waals surface area contributed by atoms with Crippen molar-refractivity contribution in [2.45, 2.75) is 20.3 Å². The van der Waals surface area contributed by atoms with Crippen LogP contribution in [0.5, 0.6) is 5.75 Å². The molecule has 0 aliphatic heterocycles. The van der Waals surface area contributed by atoms with Crippen LogP contribution in [-0.4, -0.2) is 22.8 Å². The van der Waals surface area contributed by atoms with E-state index < -0.39 is 0 Å². The molecule has 1 rings (SSSR count). The van der Waals surface area contributed by atoms with Gasteiger partial charge in [-0.15, -0.1) is 18.3 Å². The first-order chi connectivity index (χ1) is 9.49. The molecule has 1 unspecified atom stereocenters. The maximum atomic E-state index is 12.6. The number of thioether (sulfide) groups is 1. The minimum atomic E-state index is -0.277. The van der Waals surface area contributed by atoms with Gasteiger partial charge in [-0.25, -0.2) is 0 Å². The normalized spacial score (nSPS) is 11.8. The van der Waals surface area contributed by atoms with Gasteiger partial charge in [0.15, 0.2) is 5.78 Å². The van der Waals surface area contributed by atoms with E-state index in [4.69, 9.17) is 17.0 Å². The average Bonchev–Trinajstić information content (AvgIpc) is 2.44. The SMILES string of the molecule is C=C(C)CC(C(=O)c1ccc(OC)cc1)C(=S)SCC. The summed E-state index contributed by atoms with van der Waals surface area (Å²) in [4.78, 5) is 12.6. The largest absolute Gasteiger partial charge is 0.497 e. The molecule has 20 heavy (non-hydrogen) atoms. The molecule has 0 heterocycles. The van der Waals surface area contributed by atoms with E-state index in [1.165, 1.54) is 0 Å². The van der Waals surface area contributed by atoms with Gasteiger partial charge in [0.05, 0.1) is 17.2 Å². The summed E-state index contributed by atoms with van der Waals surface area (Å²) in [6.07, 6.45) is 0.608. The van der Waals surface area contributed by atoms with Crippen molar-refractivity contribution < 1.29 is 9.53 Å². The summed E-state index contributed by atoms with van der Waals surface area (Å²) in [6, 6.07) is 7.15. The number of benzene rings is 1. The van der Waals surface area contributed by atoms with Crippen LogP contribution in [0.25, 0.3) is 0 Å². The molecule has 0 aromatic heterocycles. The smallest absolute Gasteiger partial charge is 0.172 e. The second-order valence-corrected chi connectivity index (χ2v) is 6.56. The van der Waals surface area contributed by atoms with Crippen molar-refractivity contribution >= 4 is 34.0 Å². The van der Waals surface area contributed by atoms with E-state index in [1.807, 2.05) is 13.8 Å². The van der Waals surface area contributed by atoms with Gasteiger partial charge in [-0.2, -0.15) is 0 Å². The van der Waals surface area contributed by atoms with Crippen molar-refractivity contribution in [3.05, 3.63) is 42.0 Å². The van der Waals surface area contributed by atoms with Crippen molar-refractivity contribution in [3.63, 3.8) is 0 Å². The fraction of sp³-hybridized carbons (Fsp3) is 0.375. The predicted molar refractivity (Wildman–Crippen MR) is 91.0 cm³/mol. The quantitative estimate of drug-likeness (QED) is 0.420. The molecular weight excluding hydrogens is 288 g/mol. The van der Waals surface area contributed by atoms with Crippen molar-refractivity contribution in [2.75, 3.05) is 12.9 Å². The van der Waals surface area contributed by atoms with E-state index in [1.54, 1.807) is 43.1 Å². The van der Waals surface area contributed by atoms with E-state index in [9.17, 15) is 4.79 Å². The minimum absolute atomic E-state index is 0.0570. The lowest BCUT2D eigenvalue weighted by Crippen LogP contribution is -2.21. The number of ether oxygens (including phenoxy) is 1. The first-order valence-corrected chi connectivity index (χ1v) is 7.88. The molecule has 0 fully saturated rings. The van der Waals surface area contributed by atoms with E-state index in [0.717, 1.165) is 21.3 Å². The molecule has 108 valence electrons. The molecule has 1 aromatic carbocycles. The van der Waals surface area contributed by atoms with Gasteiger partial charge < -0.3 is 4.74 Å².